The van der Waals surface area contributed by atoms with E-state index in [1.807, 2.05) is 0 Å². The first-order valence-electron chi connectivity index (χ1n) is 7.65. The molecule has 4 bridgehead atoms. The molecule has 0 spiro atoms. The van der Waals surface area contributed by atoms with Crippen LogP contribution in [0.5, 0.6) is 0 Å². The van der Waals surface area contributed by atoms with Crippen molar-refractivity contribution in [3.63, 3.8) is 0 Å². The van der Waals surface area contributed by atoms with Crippen LogP contribution in [0, 0.1) is 0 Å². The van der Waals surface area contributed by atoms with Gasteiger partial charge in [-0.15, -0.1) is 0 Å². The molecule has 108 valence electrons. The lowest BCUT2D eigenvalue weighted by Crippen LogP contribution is -2.21. The van der Waals surface area contributed by atoms with E-state index in [0.29, 0.717) is 0 Å². The van der Waals surface area contributed by atoms with Crippen LogP contribution >= 0.6 is 0 Å². The number of hydrogen-bond donors (Lipinski definition) is 4. The molecule has 0 aromatic carbocycles. The van der Waals surface area contributed by atoms with Crippen LogP contribution in [-0.4, -0.2) is 36.1 Å². The summed E-state index contributed by atoms with van der Waals surface area (Å²) in [6.07, 6.45) is 4.29. The summed E-state index contributed by atoms with van der Waals surface area (Å²) in [5.74, 6) is 0. The molecule has 0 fully saturated rings. The molecule has 0 unspecified atom stereocenters. The zero-order valence-corrected chi connectivity index (χ0v) is 12.0. The minimum Gasteiger partial charge on any atom is -0.362 e. The summed E-state index contributed by atoms with van der Waals surface area (Å²) < 4.78 is 0. The van der Waals surface area contributed by atoms with Crippen molar-refractivity contribution in [2.24, 2.45) is 0 Å². The van der Waals surface area contributed by atoms with E-state index in [2.05, 4.69) is 44.9 Å². The van der Waals surface area contributed by atoms with Gasteiger partial charge in [-0.1, -0.05) is 0 Å². The monoisotopic (exact) mass is 272 g/mol. The molecule has 20 heavy (non-hydrogen) atoms. The second-order valence-corrected chi connectivity index (χ2v) is 5.52. The Labute approximate surface area is 120 Å². The molecule has 4 N–H and O–H groups in total. The summed E-state index contributed by atoms with van der Waals surface area (Å²) in [5.41, 5.74) is 5.34. The highest BCUT2D eigenvalue weighted by Gasteiger charge is 2.02. The van der Waals surface area contributed by atoms with Gasteiger partial charge in [0.2, 0.25) is 0 Å². The zero-order valence-electron chi connectivity index (χ0n) is 12.0. The van der Waals surface area contributed by atoms with Crippen LogP contribution < -0.4 is 10.6 Å². The molecule has 1 aliphatic heterocycles. The summed E-state index contributed by atoms with van der Waals surface area (Å²) in [6.45, 7) is 4.13. The van der Waals surface area contributed by atoms with E-state index in [0.717, 1.165) is 51.9 Å². The van der Waals surface area contributed by atoms with E-state index in [1.54, 1.807) is 0 Å². The number of nitrogens with one attached hydrogen (secondary N) is 4. The van der Waals surface area contributed by atoms with Crippen molar-refractivity contribution in [2.45, 2.75) is 25.7 Å². The summed E-state index contributed by atoms with van der Waals surface area (Å²) >= 11 is 0. The summed E-state index contributed by atoms with van der Waals surface area (Å²) in [5, 5.41) is 7.03. The fraction of sp³-hybridized carbons (Fsp3) is 0.500. The third kappa shape index (κ3) is 3.74. The number of rotatable bonds is 0. The van der Waals surface area contributed by atoms with Crippen LogP contribution in [0.3, 0.4) is 0 Å². The predicted molar refractivity (Wildman–Crippen MR) is 82.1 cm³/mol. The maximum atomic E-state index is 3.51. The highest BCUT2D eigenvalue weighted by atomic mass is 14.9. The first-order chi connectivity index (χ1) is 9.90. The lowest BCUT2D eigenvalue weighted by atomic mass is 10.3. The quantitative estimate of drug-likeness (QED) is 0.586. The molecular weight excluding hydrogens is 248 g/mol. The van der Waals surface area contributed by atoms with Gasteiger partial charge in [-0.25, -0.2) is 0 Å². The average molecular weight is 272 g/mol. The van der Waals surface area contributed by atoms with Crippen molar-refractivity contribution in [3.05, 3.63) is 47.0 Å². The minimum absolute atomic E-state index is 1.03. The Balaban J connectivity index is 1.60. The molecule has 0 atom stereocenters. The Hall–Kier alpha value is -1.52. The van der Waals surface area contributed by atoms with E-state index in [9.17, 15) is 0 Å². The van der Waals surface area contributed by atoms with Gasteiger partial charge >= 0.3 is 0 Å². The van der Waals surface area contributed by atoms with Crippen LogP contribution in [0.1, 0.15) is 22.8 Å². The molecule has 3 rings (SSSR count). The van der Waals surface area contributed by atoms with Gasteiger partial charge in [-0.05, 0) is 49.9 Å². The molecular formula is C16H24N4. The SMILES string of the molecule is c1cc2[nH]c1CCNCCc1ccc([nH]1)CCNCC2. The van der Waals surface area contributed by atoms with E-state index in [4.69, 9.17) is 0 Å². The first kappa shape index (κ1) is 13.5. The molecule has 1 aliphatic rings. The van der Waals surface area contributed by atoms with Crippen LogP contribution in [0.25, 0.3) is 0 Å². The third-order valence-electron chi connectivity index (χ3n) is 3.90. The van der Waals surface area contributed by atoms with Crippen molar-refractivity contribution >= 4 is 0 Å². The smallest absolute Gasteiger partial charge is 0.0162 e. The second kappa shape index (κ2) is 6.77. The molecule has 0 amide bonds. The van der Waals surface area contributed by atoms with Gasteiger partial charge in [0, 0.05) is 49.0 Å². The molecule has 3 heterocycles. The number of fused-ring (bicyclic) bond motifs is 4. The minimum atomic E-state index is 1.03. The maximum absolute atomic E-state index is 3.51. The standard InChI is InChI=1S/C16H24N4/c1-2-14-6-10-18-12-8-16-4-3-15(20-16)7-11-17-9-5-13(1)19-14/h1-4,17-20H,5-12H2. The normalized spacial score (nSPS) is 18.0. The molecule has 0 radical (unpaired) electrons. The van der Waals surface area contributed by atoms with Crippen LogP contribution in [0.4, 0.5) is 0 Å². The Bertz CT molecular complexity index is 437. The average Bonchev–Trinajstić information content (AvgIpc) is 3.07. The molecule has 4 heteroatoms. The van der Waals surface area contributed by atoms with Crippen molar-refractivity contribution in [2.75, 3.05) is 26.2 Å². The lowest BCUT2D eigenvalue weighted by Gasteiger charge is -2.05. The van der Waals surface area contributed by atoms with E-state index in [-0.39, 0.29) is 0 Å². The third-order valence-corrected chi connectivity index (χ3v) is 3.90. The number of aromatic amines is 2. The largest absolute Gasteiger partial charge is 0.362 e. The van der Waals surface area contributed by atoms with Crippen molar-refractivity contribution in [1.29, 1.82) is 0 Å². The van der Waals surface area contributed by atoms with Gasteiger partial charge in [0.1, 0.15) is 0 Å². The first-order valence-corrected chi connectivity index (χ1v) is 7.65. The Morgan fingerprint density at radius 1 is 0.500 bits per heavy atom. The van der Waals surface area contributed by atoms with Crippen molar-refractivity contribution in [1.82, 2.24) is 20.6 Å². The maximum Gasteiger partial charge on any atom is 0.0162 e. The van der Waals surface area contributed by atoms with Crippen LogP contribution in [0.15, 0.2) is 24.3 Å². The van der Waals surface area contributed by atoms with Gasteiger partial charge in [-0.3, -0.25) is 0 Å². The van der Waals surface area contributed by atoms with Crippen molar-refractivity contribution in [3.8, 4) is 0 Å². The van der Waals surface area contributed by atoms with Gasteiger partial charge in [0.25, 0.3) is 0 Å². The number of H-pyrrole nitrogens is 2. The summed E-state index contributed by atoms with van der Waals surface area (Å²) in [4.78, 5) is 7.02. The number of hydrogen-bond acceptors (Lipinski definition) is 2. The molecule has 4 nitrogen and oxygen atoms in total. The Morgan fingerprint density at radius 3 is 1.10 bits per heavy atom. The highest BCUT2D eigenvalue weighted by molar-refractivity contribution is 5.15. The molecule has 0 saturated heterocycles. The molecule has 0 saturated carbocycles. The van der Waals surface area contributed by atoms with Gasteiger partial charge in [-0.2, -0.15) is 0 Å². The summed E-state index contributed by atoms with van der Waals surface area (Å²) in [6, 6.07) is 8.86. The van der Waals surface area contributed by atoms with Gasteiger partial charge in [0.05, 0.1) is 0 Å². The zero-order chi connectivity index (χ0) is 13.6. The second-order valence-electron chi connectivity index (χ2n) is 5.52. The fourth-order valence-electron chi connectivity index (χ4n) is 2.71. The van der Waals surface area contributed by atoms with E-state index < -0.39 is 0 Å². The Morgan fingerprint density at radius 2 is 0.800 bits per heavy atom. The van der Waals surface area contributed by atoms with Gasteiger partial charge in [0.15, 0.2) is 0 Å². The Kier molecular flexibility index (Phi) is 4.56. The van der Waals surface area contributed by atoms with Crippen molar-refractivity contribution < 1.29 is 0 Å². The van der Waals surface area contributed by atoms with E-state index >= 15 is 0 Å². The lowest BCUT2D eigenvalue weighted by molar-refractivity contribution is 0.655. The van der Waals surface area contributed by atoms with Crippen LogP contribution in [-0.2, 0) is 25.7 Å². The summed E-state index contributed by atoms with van der Waals surface area (Å²) in [7, 11) is 0. The van der Waals surface area contributed by atoms with Gasteiger partial charge < -0.3 is 20.6 Å². The molecule has 2 aromatic heterocycles. The van der Waals surface area contributed by atoms with Crippen LogP contribution in [0.2, 0.25) is 0 Å². The number of aromatic nitrogens is 2. The van der Waals surface area contributed by atoms with E-state index in [1.165, 1.54) is 22.8 Å². The highest BCUT2D eigenvalue weighted by Crippen LogP contribution is 2.05. The molecule has 0 aliphatic carbocycles. The fourth-order valence-corrected chi connectivity index (χ4v) is 2.71. The molecule has 2 aromatic rings. The predicted octanol–water partition coefficient (Wildman–Crippen LogP) is 1.41. The topological polar surface area (TPSA) is 55.6 Å².